The first-order valence-corrected chi connectivity index (χ1v) is 4.81. The minimum Gasteiger partial charge on any atom is -0.479 e. The van der Waals surface area contributed by atoms with E-state index >= 15 is 0 Å². The van der Waals surface area contributed by atoms with E-state index in [4.69, 9.17) is 9.84 Å². The zero-order valence-electron chi connectivity index (χ0n) is 8.66. The van der Waals surface area contributed by atoms with Crippen LogP contribution in [0.2, 0.25) is 0 Å². The van der Waals surface area contributed by atoms with Crippen molar-refractivity contribution in [2.45, 2.75) is 32.0 Å². The van der Waals surface area contributed by atoms with Crippen molar-refractivity contribution >= 4 is 11.9 Å². The summed E-state index contributed by atoms with van der Waals surface area (Å²) in [5, 5.41) is 11.3. The summed E-state index contributed by atoms with van der Waals surface area (Å²) in [6.45, 7) is 5.85. The van der Waals surface area contributed by atoms with Crippen LogP contribution in [-0.2, 0) is 14.3 Å². The lowest BCUT2D eigenvalue weighted by Gasteiger charge is -2.11. The molecule has 15 heavy (non-hydrogen) atoms. The molecule has 1 aliphatic heterocycles. The van der Waals surface area contributed by atoms with Crippen LogP contribution in [0.3, 0.4) is 0 Å². The second kappa shape index (κ2) is 4.93. The van der Waals surface area contributed by atoms with E-state index in [1.807, 2.05) is 0 Å². The summed E-state index contributed by atoms with van der Waals surface area (Å²) in [7, 11) is 0. The lowest BCUT2D eigenvalue weighted by atomic mass is 10.2. The highest BCUT2D eigenvalue weighted by atomic mass is 16.5. The molecule has 5 heteroatoms. The number of hydrogen-bond acceptors (Lipinski definition) is 3. The molecule has 1 saturated heterocycles. The van der Waals surface area contributed by atoms with Crippen molar-refractivity contribution in [2.75, 3.05) is 6.54 Å². The second-order valence-electron chi connectivity index (χ2n) is 3.70. The van der Waals surface area contributed by atoms with Crippen molar-refractivity contribution in [1.29, 1.82) is 0 Å². The van der Waals surface area contributed by atoms with Crippen molar-refractivity contribution in [3.63, 3.8) is 0 Å². The highest BCUT2D eigenvalue weighted by molar-refractivity contribution is 5.82. The first kappa shape index (κ1) is 11.7. The molecular weight excluding hydrogens is 198 g/mol. The lowest BCUT2D eigenvalue weighted by molar-refractivity contribution is -0.151. The first-order valence-electron chi connectivity index (χ1n) is 4.81. The van der Waals surface area contributed by atoms with Crippen LogP contribution >= 0.6 is 0 Å². The van der Waals surface area contributed by atoms with Gasteiger partial charge in [-0.1, -0.05) is 12.2 Å². The predicted octanol–water partition coefficient (Wildman–Crippen LogP) is 0.311. The number of carbonyl (C=O) groups is 2. The van der Waals surface area contributed by atoms with E-state index in [1.165, 1.54) is 0 Å². The smallest absolute Gasteiger partial charge is 0.332 e. The maximum absolute atomic E-state index is 11.4. The second-order valence-corrected chi connectivity index (χ2v) is 3.70. The third-order valence-corrected chi connectivity index (χ3v) is 2.15. The molecular formula is C10H15NO4. The number of carboxylic acid groups (broad SMARTS) is 1. The molecule has 5 nitrogen and oxygen atoms in total. The molecule has 0 radical (unpaired) electrons. The van der Waals surface area contributed by atoms with Crippen LogP contribution in [0, 0.1) is 0 Å². The van der Waals surface area contributed by atoms with Crippen LogP contribution in [0.15, 0.2) is 12.2 Å². The number of rotatable bonds is 4. The van der Waals surface area contributed by atoms with Crippen LogP contribution in [-0.4, -0.2) is 35.7 Å². The van der Waals surface area contributed by atoms with Crippen LogP contribution in [0.5, 0.6) is 0 Å². The minimum atomic E-state index is -1.01. The Kier molecular flexibility index (Phi) is 3.85. The Balaban J connectivity index is 2.36. The Morgan fingerprint density at radius 3 is 2.53 bits per heavy atom. The molecule has 1 aliphatic rings. The monoisotopic (exact) mass is 213 g/mol. The fourth-order valence-corrected chi connectivity index (χ4v) is 1.36. The first-order chi connectivity index (χ1) is 7.00. The summed E-state index contributed by atoms with van der Waals surface area (Å²) in [6.07, 6.45) is -0.629. The molecule has 84 valence electrons. The van der Waals surface area contributed by atoms with Crippen molar-refractivity contribution in [1.82, 2.24) is 5.32 Å². The van der Waals surface area contributed by atoms with E-state index in [2.05, 4.69) is 11.9 Å². The number of carbonyl (C=O) groups excluding carboxylic acids is 1. The Bertz CT molecular complexity index is 287. The summed E-state index contributed by atoms with van der Waals surface area (Å²) in [5.74, 6) is -1.27. The highest BCUT2D eigenvalue weighted by Crippen LogP contribution is 2.19. The number of carboxylic acids is 1. The molecule has 1 heterocycles. The molecule has 1 amide bonds. The zero-order chi connectivity index (χ0) is 11.4. The van der Waals surface area contributed by atoms with Gasteiger partial charge in [0.05, 0.1) is 0 Å². The Hall–Kier alpha value is -1.36. The molecule has 1 fully saturated rings. The number of ether oxygens (including phenoxy) is 1. The summed E-state index contributed by atoms with van der Waals surface area (Å²) in [4.78, 5) is 22.0. The van der Waals surface area contributed by atoms with Gasteiger partial charge in [0.25, 0.3) is 0 Å². The molecule has 2 atom stereocenters. The van der Waals surface area contributed by atoms with Crippen molar-refractivity contribution in [3.8, 4) is 0 Å². The molecule has 0 aliphatic carbocycles. The largest absolute Gasteiger partial charge is 0.479 e. The lowest BCUT2D eigenvalue weighted by Crippen LogP contribution is -2.36. The minimum absolute atomic E-state index is 0.262. The molecule has 2 unspecified atom stereocenters. The average Bonchev–Trinajstić information content (AvgIpc) is 2.62. The summed E-state index contributed by atoms with van der Waals surface area (Å²) in [5.41, 5.74) is 0.844. The zero-order valence-corrected chi connectivity index (χ0v) is 8.66. The van der Waals surface area contributed by atoms with E-state index in [9.17, 15) is 9.59 Å². The highest BCUT2D eigenvalue weighted by Gasteiger charge is 2.34. The molecule has 1 rings (SSSR count). The van der Waals surface area contributed by atoms with Gasteiger partial charge in [-0.25, -0.2) is 4.79 Å². The summed E-state index contributed by atoms with van der Waals surface area (Å²) < 4.78 is 5.08. The standard InChI is InChI=1S/C10H15NO4/c1-6(2)5-11-9(12)7-3-4-8(15-7)10(13)14/h7-8H,1,3-5H2,2H3,(H,11,12)(H,13,14). The van der Waals surface area contributed by atoms with Crippen LogP contribution < -0.4 is 5.32 Å². The third kappa shape index (κ3) is 3.36. The van der Waals surface area contributed by atoms with Crippen molar-refractivity contribution in [2.24, 2.45) is 0 Å². The van der Waals surface area contributed by atoms with E-state index in [1.54, 1.807) is 6.92 Å². The summed E-state index contributed by atoms with van der Waals surface area (Å²) in [6, 6.07) is 0. The van der Waals surface area contributed by atoms with Gasteiger partial charge in [-0.05, 0) is 19.8 Å². The molecule has 0 spiro atoms. The topological polar surface area (TPSA) is 75.6 Å². The molecule has 0 aromatic carbocycles. The van der Waals surface area contributed by atoms with Crippen LogP contribution in [0.25, 0.3) is 0 Å². The van der Waals surface area contributed by atoms with Crippen molar-refractivity contribution in [3.05, 3.63) is 12.2 Å². The number of nitrogens with one attached hydrogen (secondary N) is 1. The SMILES string of the molecule is C=C(C)CNC(=O)C1CCC(C(=O)O)O1. The third-order valence-electron chi connectivity index (χ3n) is 2.15. The number of aliphatic carboxylic acids is 1. The summed E-state index contributed by atoms with van der Waals surface area (Å²) >= 11 is 0. The van der Waals surface area contributed by atoms with E-state index in [0.29, 0.717) is 19.4 Å². The van der Waals surface area contributed by atoms with Gasteiger partial charge in [-0.2, -0.15) is 0 Å². The molecule has 2 N–H and O–H groups in total. The quantitative estimate of drug-likeness (QED) is 0.659. The Labute approximate surface area is 88.1 Å². The van der Waals surface area contributed by atoms with E-state index < -0.39 is 18.2 Å². The van der Waals surface area contributed by atoms with Crippen LogP contribution in [0.4, 0.5) is 0 Å². The maximum Gasteiger partial charge on any atom is 0.332 e. The van der Waals surface area contributed by atoms with Gasteiger partial charge < -0.3 is 15.2 Å². The maximum atomic E-state index is 11.4. The fourth-order valence-electron chi connectivity index (χ4n) is 1.36. The van der Waals surface area contributed by atoms with Crippen LogP contribution in [0.1, 0.15) is 19.8 Å². The van der Waals surface area contributed by atoms with Gasteiger partial charge in [0, 0.05) is 6.54 Å². The van der Waals surface area contributed by atoms with Gasteiger partial charge in [0.15, 0.2) is 6.10 Å². The van der Waals surface area contributed by atoms with Gasteiger partial charge in [0.2, 0.25) is 5.91 Å². The van der Waals surface area contributed by atoms with Gasteiger partial charge in [0.1, 0.15) is 6.10 Å². The normalized spacial score (nSPS) is 24.9. The Morgan fingerprint density at radius 2 is 2.07 bits per heavy atom. The number of hydrogen-bond donors (Lipinski definition) is 2. The molecule has 0 aromatic heterocycles. The predicted molar refractivity (Wildman–Crippen MR) is 53.4 cm³/mol. The molecule has 0 bridgehead atoms. The fraction of sp³-hybridized carbons (Fsp3) is 0.600. The number of amides is 1. The Morgan fingerprint density at radius 1 is 1.47 bits per heavy atom. The van der Waals surface area contributed by atoms with Crippen molar-refractivity contribution < 1.29 is 19.4 Å². The van der Waals surface area contributed by atoms with Gasteiger partial charge >= 0.3 is 5.97 Å². The molecule has 0 saturated carbocycles. The van der Waals surface area contributed by atoms with E-state index in [0.717, 1.165) is 5.57 Å². The van der Waals surface area contributed by atoms with Gasteiger partial charge in [-0.3, -0.25) is 4.79 Å². The average molecular weight is 213 g/mol. The van der Waals surface area contributed by atoms with Gasteiger partial charge in [-0.15, -0.1) is 0 Å². The van der Waals surface area contributed by atoms with E-state index in [-0.39, 0.29) is 5.91 Å². The molecule has 0 aromatic rings.